The number of alkyl halides is 1. The van der Waals surface area contributed by atoms with Crippen molar-refractivity contribution in [2.45, 2.75) is 36.4 Å². The molecule has 0 aliphatic heterocycles. The first-order valence-electron chi connectivity index (χ1n) is 11.5. The maximum Gasteiger partial charge on any atom is 0.248 e. The number of oxazole rings is 1. The fourth-order valence-electron chi connectivity index (χ4n) is 5.50. The second-order valence-corrected chi connectivity index (χ2v) is 9.63. The molecule has 182 valence electrons. The van der Waals surface area contributed by atoms with Crippen molar-refractivity contribution in [1.82, 2.24) is 30.0 Å². The van der Waals surface area contributed by atoms with Gasteiger partial charge in [-0.15, -0.1) is 11.6 Å². The van der Waals surface area contributed by atoms with Crippen LogP contribution < -0.4 is 10.2 Å². The van der Waals surface area contributed by atoms with Crippen molar-refractivity contribution in [3.63, 3.8) is 0 Å². The summed E-state index contributed by atoms with van der Waals surface area (Å²) in [6.07, 6.45) is 13.5. The predicted molar refractivity (Wildman–Crippen MR) is 130 cm³/mol. The SMILES string of the molecule is O=C(NC12CC(n3cccn3)(C1)C2)C(c1cncnc1)N(C(=O)CCl)c1ccc(-c2cnco2)cc1. The van der Waals surface area contributed by atoms with Crippen molar-refractivity contribution < 1.29 is 14.0 Å². The molecule has 3 aromatic heterocycles. The first-order valence-corrected chi connectivity index (χ1v) is 12.0. The van der Waals surface area contributed by atoms with Crippen LogP contribution in [0.5, 0.6) is 0 Å². The van der Waals surface area contributed by atoms with Crippen molar-refractivity contribution in [2.75, 3.05) is 10.8 Å². The highest BCUT2D eigenvalue weighted by molar-refractivity contribution is 6.29. The minimum absolute atomic E-state index is 0.0374. The number of carbonyl (C=O) groups is 2. The van der Waals surface area contributed by atoms with Gasteiger partial charge in [0.2, 0.25) is 11.8 Å². The van der Waals surface area contributed by atoms with Crippen LogP contribution in [0.25, 0.3) is 11.3 Å². The van der Waals surface area contributed by atoms with Gasteiger partial charge < -0.3 is 9.73 Å². The Kier molecular flexibility index (Phi) is 5.33. The summed E-state index contributed by atoms with van der Waals surface area (Å²) in [4.78, 5) is 40.5. The highest BCUT2D eigenvalue weighted by Gasteiger charge is 2.70. The molecule has 10 nitrogen and oxygen atoms in total. The number of halogens is 1. The lowest BCUT2D eigenvalue weighted by molar-refractivity contribution is -0.160. The number of carbonyl (C=O) groups excluding carboxylic acids is 2. The van der Waals surface area contributed by atoms with E-state index in [1.54, 1.807) is 49.1 Å². The number of rotatable bonds is 8. The zero-order valence-corrected chi connectivity index (χ0v) is 19.9. The average molecular weight is 504 g/mol. The van der Waals surface area contributed by atoms with Gasteiger partial charge in [0.25, 0.3) is 0 Å². The smallest absolute Gasteiger partial charge is 0.248 e. The normalized spacial score (nSPS) is 22.7. The maximum atomic E-state index is 13.8. The molecule has 36 heavy (non-hydrogen) atoms. The van der Waals surface area contributed by atoms with E-state index in [9.17, 15) is 9.59 Å². The molecule has 11 heteroatoms. The van der Waals surface area contributed by atoms with Gasteiger partial charge in [-0.05, 0) is 49.6 Å². The molecule has 3 heterocycles. The number of amides is 2. The molecule has 3 aliphatic carbocycles. The van der Waals surface area contributed by atoms with Crippen molar-refractivity contribution >= 4 is 29.1 Å². The molecule has 4 aromatic rings. The van der Waals surface area contributed by atoms with Crippen LogP contribution in [0.1, 0.15) is 30.9 Å². The van der Waals surface area contributed by atoms with Crippen LogP contribution >= 0.6 is 11.6 Å². The fraction of sp³-hybridized carbons (Fsp3) is 0.280. The van der Waals surface area contributed by atoms with Gasteiger partial charge in [0, 0.05) is 47.1 Å². The molecule has 1 atom stereocenters. The lowest BCUT2D eigenvalue weighted by Crippen LogP contribution is -2.79. The molecule has 2 amide bonds. The summed E-state index contributed by atoms with van der Waals surface area (Å²) >= 11 is 6.01. The van der Waals surface area contributed by atoms with Crippen LogP contribution in [0, 0.1) is 0 Å². The average Bonchev–Trinajstić information content (AvgIpc) is 3.59. The van der Waals surface area contributed by atoms with E-state index in [0.717, 1.165) is 24.8 Å². The fourth-order valence-corrected chi connectivity index (χ4v) is 5.63. The number of aromatic nitrogens is 5. The van der Waals surface area contributed by atoms with Gasteiger partial charge in [0.15, 0.2) is 12.2 Å². The first kappa shape index (κ1) is 22.4. The van der Waals surface area contributed by atoms with Crippen molar-refractivity contribution in [2.24, 2.45) is 0 Å². The number of nitrogens with zero attached hydrogens (tertiary/aromatic N) is 6. The van der Waals surface area contributed by atoms with E-state index in [4.69, 9.17) is 16.0 Å². The Hall–Kier alpha value is -4.05. The third-order valence-corrected chi connectivity index (χ3v) is 7.26. The highest BCUT2D eigenvalue weighted by atomic mass is 35.5. The summed E-state index contributed by atoms with van der Waals surface area (Å²) in [5.74, 6) is -0.429. The van der Waals surface area contributed by atoms with E-state index in [1.807, 2.05) is 16.9 Å². The van der Waals surface area contributed by atoms with E-state index in [0.29, 0.717) is 17.0 Å². The molecular weight excluding hydrogens is 482 g/mol. The Balaban J connectivity index is 1.30. The molecule has 0 radical (unpaired) electrons. The minimum Gasteiger partial charge on any atom is -0.444 e. The Morgan fingerprint density at radius 3 is 2.47 bits per heavy atom. The van der Waals surface area contributed by atoms with Crippen molar-refractivity contribution in [1.29, 1.82) is 0 Å². The second-order valence-electron chi connectivity index (χ2n) is 9.36. The van der Waals surface area contributed by atoms with E-state index in [-0.39, 0.29) is 22.9 Å². The Labute approximate surface area is 211 Å². The van der Waals surface area contributed by atoms with E-state index in [1.165, 1.54) is 17.6 Å². The molecule has 7 rings (SSSR count). The summed E-state index contributed by atoms with van der Waals surface area (Å²) < 4.78 is 7.33. The topological polar surface area (TPSA) is 119 Å². The van der Waals surface area contributed by atoms with Gasteiger partial charge in [0.1, 0.15) is 18.2 Å². The van der Waals surface area contributed by atoms with Crippen LogP contribution in [0.4, 0.5) is 5.69 Å². The molecular formula is C25H22ClN7O3. The first-order chi connectivity index (χ1) is 17.5. The molecule has 1 unspecified atom stereocenters. The lowest BCUT2D eigenvalue weighted by Gasteiger charge is -2.70. The third-order valence-electron chi connectivity index (χ3n) is 7.03. The molecule has 1 aromatic carbocycles. The summed E-state index contributed by atoms with van der Waals surface area (Å²) in [6.45, 7) is 0. The van der Waals surface area contributed by atoms with Gasteiger partial charge in [-0.25, -0.2) is 15.0 Å². The molecule has 2 bridgehead atoms. The van der Waals surface area contributed by atoms with Crippen LogP contribution in [0.15, 0.2) is 78.5 Å². The zero-order valence-electron chi connectivity index (χ0n) is 19.1. The number of nitrogens with one attached hydrogen (secondary N) is 1. The van der Waals surface area contributed by atoms with Gasteiger partial charge >= 0.3 is 0 Å². The predicted octanol–water partition coefficient (Wildman–Crippen LogP) is 3.09. The standard InChI is InChI=1S/C25H22ClN7O3/c26-8-21(34)33(19-4-2-17(3-5-19)20-11-29-16-36-20)22(18-9-27-15-28-10-18)23(35)31-24-12-25(13-24,14-24)32-7-1-6-30-32/h1-7,9-11,15-16,22H,8,12-14H2,(H,31,35). The number of anilines is 1. The minimum atomic E-state index is -0.997. The summed E-state index contributed by atoms with van der Waals surface area (Å²) in [5, 5.41) is 7.59. The molecule has 3 saturated carbocycles. The molecule has 3 fully saturated rings. The van der Waals surface area contributed by atoms with E-state index >= 15 is 0 Å². The summed E-state index contributed by atoms with van der Waals surface area (Å²) in [6, 6.07) is 8.01. The van der Waals surface area contributed by atoms with Gasteiger partial charge in [-0.1, -0.05) is 0 Å². The molecule has 3 aliphatic rings. The molecule has 1 N–H and O–H groups in total. The zero-order chi connectivity index (χ0) is 24.8. The Morgan fingerprint density at radius 1 is 1.11 bits per heavy atom. The third kappa shape index (κ3) is 3.65. The molecule has 0 saturated heterocycles. The van der Waals surface area contributed by atoms with Crippen LogP contribution in [-0.2, 0) is 15.1 Å². The largest absolute Gasteiger partial charge is 0.444 e. The van der Waals surface area contributed by atoms with Gasteiger partial charge in [-0.2, -0.15) is 5.10 Å². The van der Waals surface area contributed by atoms with E-state index < -0.39 is 11.9 Å². The second kappa shape index (κ2) is 8.56. The Bertz CT molecular complexity index is 1360. The van der Waals surface area contributed by atoms with Crippen LogP contribution in [-0.4, -0.2) is 48.0 Å². The monoisotopic (exact) mass is 503 g/mol. The number of hydrogen-bond acceptors (Lipinski definition) is 7. The van der Waals surface area contributed by atoms with E-state index in [2.05, 4.69) is 25.4 Å². The summed E-state index contributed by atoms with van der Waals surface area (Å²) in [7, 11) is 0. The molecule has 0 spiro atoms. The quantitative estimate of drug-likeness (QED) is 0.367. The Morgan fingerprint density at radius 2 is 1.86 bits per heavy atom. The van der Waals surface area contributed by atoms with Gasteiger partial charge in [0.05, 0.1) is 11.7 Å². The van der Waals surface area contributed by atoms with Gasteiger partial charge in [-0.3, -0.25) is 19.2 Å². The van der Waals surface area contributed by atoms with Crippen molar-refractivity contribution in [3.8, 4) is 11.3 Å². The van der Waals surface area contributed by atoms with Crippen molar-refractivity contribution in [3.05, 3.63) is 79.6 Å². The number of benzene rings is 1. The maximum absolute atomic E-state index is 13.8. The van der Waals surface area contributed by atoms with Crippen LogP contribution in [0.3, 0.4) is 0 Å². The highest BCUT2D eigenvalue weighted by Crippen LogP contribution is 2.65. The number of hydrogen-bond donors (Lipinski definition) is 1. The lowest BCUT2D eigenvalue weighted by atomic mass is 9.44. The summed E-state index contributed by atoms with van der Waals surface area (Å²) in [5.41, 5.74) is 1.43. The van der Waals surface area contributed by atoms with Crippen LogP contribution in [0.2, 0.25) is 0 Å².